The van der Waals surface area contributed by atoms with Crippen molar-refractivity contribution in [3.05, 3.63) is 101 Å². The number of hydrogen-bond donors (Lipinski definition) is 0. The average molecular weight is 548 g/mol. The molecule has 6 rings (SSSR count). The van der Waals surface area contributed by atoms with Gasteiger partial charge in [0, 0.05) is 50.9 Å². The molecule has 3 aliphatic rings. The molecule has 0 bridgehead atoms. The van der Waals surface area contributed by atoms with Crippen LogP contribution >= 0.6 is 12.4 Å². The first-order valence-electron chi connectivity index (χ1n) is 13.5. The Morgan fingerprint density at radius 1 is 0.821 bits per heavy atom. The fraction of sp³-hybridized carbons (Fsp3) is 0.355. The second kappa shape index (κ2) is 12.2. The van der Waals surface area contributed by atoms with E-state index in [1.165, 1.54) is 16.7 Å². The Bertz CT molecular complexity index is 1310. The quantitative estimate of drug-likeness (QED) is 0.479. The van der Waals surface area contributed by atoms with Gasteiger partial charge < -0.3 is 19.3 Å². The Kier molecular flexibility index (Phi) is 8.50. The maximum atomic E-state index is 14.0. The van der Waals surface area contributed by atoms with Crippen LogP contribution in [-0.4, -0.2) is 72.1 Å². The summed E-state index contributed by atoms with van der Waals surface area (Å²) in [4.78, 5) is 33.0. The van der Waals surface area contributed by atoms with Crippen LogP contribution < -0.4 is 4.74 Å². The Balaban J connectivity index is 0.00000308. The molecule has 39 heavy (non-hydrogen) atoms. The lowest BCUT2D eigenvalue weighted by Gasteiger charge is -2.40. The van der Waals surface area contributed by atoms with Crippen LogP contribution in [0.5, 0.6) is 5.75 Å². The monoisotopic (exact) mass is 547 g/mol. The molecule has 1 saturated heterocycles. The molecule has 0 N–H and O–H groups in total. The highest BCUT2D eigenvalue weighted by Crippen LogP contribution is 2.28. The molecule has 2 amide bonds. The van der Waals surface area contributed by atoms with Gasteiger partial charge in [-0.25, -0.2) is 4.79 Å². The topological polar surface area (TPSA) is 62.3 Å². The zero-order valence-electron chi connectivity index (χ0n) is 22.0. The molecule has 204 valence electrons. The third-order valence-electron chi connectivity index (χ3n) is 7.86. The third-order valence-corrected chi connectivity index (χ3v) is 7.86. The van der Waals surface area contributed by atoms with Crippen molar-refractivity contribution in [1.82, 2.24) is 14.7 Å². The number of amides is 2. The summed E-state index contributed by atoms with van der Waals surface area (Å²) in [5.74, 6) is 0.577. The molecule has 0 aromatic heterocycles. The number of benzene rings is 3. The Morgan fingerprint density at radius 3 is 2.36 bits per heavy atom. The summed E-state index contributed by atoms with van der Waals surface area (Å²) >= 11 is 0. The summed E-state index contributed by atoms with van der Waals surface area (Å²) in [6.45, 7) is 5.75. The second-order valence-electron chi connectivity index (χ2n) is 10.3. The lowest BCUT2D eigenvalue weighted by Crippen LogP contribution is -2.52. The summed E-state index contributed by atoms with van der Waals surface area (Å²) in [5, 5.41) is 0. The molecule has 8 heteroatoms. The number of fused-ring (bicyclic) bond motifs is 2. The standard InChI is InChI=1S/C31H33N3O4.ClH/c35-30(34-21-26-7-5-4-6-24(26)19-28(34)22-32-14-16-37-17-15-32)25-11-10-23-12-13-33(20-27(23)18-25)31(36)38-29-8-2-1-3-9-29;/h1-11,18,28H,12-17,19-22H2;1H/t28-;/m0./s1. The molecule has 1 fully saturated rings. The van der Waals surface area contributed by atoms with E-state index in [-0.39, 0.29) is 30.4 Å². The van der Waals surface area contributed by atoms with Crippen molar-refractivity contribution in [1.29, 1.82) is 0 Å². The molecule has 0 unspecified atom stereocenters. The van der Waals surface area contributed by atoms with Crippen molar-refractivity contribution in [2.24, 2.45) is 0 Å². The zero-order valence-corrected chi connectivity index (χ0v) is 22.8. The maximum Gasteiger partial charge on any atom is 0.415 e. The first-order valence-corrected chi connectivity index (χ1v) is 13.5. The SMILES string of the molecule is Cl.O=C(Oc1ccccc1)N1CCc2ccc(C(=O)N3Cc4ccccc4C[C@H]3CN3CCOCC3)cc2C1. The van der Waals surface area contributed by atoms with Crippen molar-refractivity contribution < 1.29 is 19.1 Å². The largest absolute Gasteiger partial charge is 0.415 e. The number of morpholine rings is 1. The number of carbonyl (C=O) groups is 2. The maximum absolute atomic E-state index is 14.0. The molecular weight excluding hydrogens is 514 g/mol. The van der Waals surface area contributed by atoms with Crippen molar-refractivity contribution in [2.75, 3.05) is 39.4 Å². The molecular formula is C31H34ClN3O4. The molecule has 7 nitrogen and oxygen atoms in total. The van der Waals surface area contributed by atoms with E-state index in [4.69, 9.17) is 9.47 Å². The van der Waals surface area contributed by atoms with E-state index in [0.29, 0.717) is 30.9 Å². The van der Waals surface area contributed by atoms with Gasteiger partial charge in [-0.15, -0.1) is 12.4 Å². The molecule has 0 saturated carbocycles. The number of hydrogen-bond acceptors (Lipinski definition) is 5. The number of ether oxygens (including phenoxy) is 2. The lowest BCUT2D eigenvalue weighted by atomic mass is 9.92. The smallest absolute Gasteiger partial charge is 0.410 e. The Labute approximate surface area is 235 Å². The van der Waals surface area contributed by atoms with E-state index < -0.39 is 0 Å². The summed E-state index contributed by atoms with van der Waals surface area (Å²) in [5.41, 5.74) is 5.40. The first kappa shape index (κ1) is 27.2. The average Bonchev–Trinajstić information content (AvgIpc) is 2.97. The third kappa shape index (κ3) is 6.11. The van der Waals surface area contributed by atoms with Gasteiger partial charge in [0.05, 0.1) is 13.2 Å². The van der Waals surface area contributed by atoms with Crippen LogP contribution in [-0.2, 0) is 30.7 Å². The van der Waals surface area contributed by atoms with E-state index >= 15 is 0 Å². The molecule has 0 aliphatic carbocycles. The fourth-order valence-electron chi connectivity index (χ4n) is 5.74. The lowest BCUT2D eigenvalue weighted by molar-refractivity contribution is 0.0193. The predicted octanol–water partition coefficient (Wildman–Crippen LogP) is 4.56. The minimum absolute atomic E-state index is 0. The Hall–Kier alpha value is -3.39. The number of rotatable bonds is 4. The molecule has 3 heterocycles. The minimum atomic E-state index is -0.364. The minimum Gasteiger partial charge on any atom is -0.410 e. The highest BCUT2D eigenvalue weighted by Gasteiger charge is 2.32. The number of halogens is 1. The van der Waals surface area contributed by atoms with Gasteiger partial charge in [0.25, 0.3) is 5.91 Å². The van der Waals surface area contributed by atoms with Gasteiger partial charge in [-0.1, -0.05) is 48.5 Å². The summed E-state index contributed by atoms with van der Waals surface area (Å²) in [7, 11) is 0. The van der Waals surface area contributed by atoms with E-state index in [2.05, 4.69) is 29.2 Å². The van der Waals surface area contributed by atoms with Crippen LogP contribution in [0.4, 0.5) is 4.79 Å². The predicted molar refractivity (Wildman–Crippen MR) is 151 cm³/mol. The second-order valence-corrected chi connectivity index (χ2v) is 10.3. The van der Waals surface area contributed by atoms with E-state index in [9.17, 15) is 9.59 Å². The van der Waals surface area contributed by atoms with Crippen LogP contribution in [0, 0.1) is 0 Å². The molecule has 3 aliphatic heterocycles. The van der Waals surface area contributed by atoms with Crippen LogP contribution in [0.15, 0.2) is 72.8 Å². The van der Waals surface area contributed by atoms with Gasteiger partial charge in [0.1, 0.15) is 5.75 Å². The van der Waals surface area contributed by atoms with E-state index in [1.807, 2.05) is 41.3 Å². The van der Waals surface area contributed by atoms with Crippen LogP contribution in [0.25, 0.3) is 0 Å². The molecule has 1 atom stereocenters. The molecule has 3 aromatic carbocycles. The molecule has 0 radical (unpaired) electrons. The summed E-state index contributed by atoms with van der Waals surface area (Å²) < 4.78 is 11.1. The molecule has 0 spiro atoms. The van der Waals surface area contributed by atoms with E-state index in [1.54, 1.807) is 17.0 Å². The van der Waals surface area contributed by atoms with Crippen molar-refractivity contribution in [3.8, 4) is 5.75 Å². The van der Waals surface area contributed by atoms with Gasteiger partial charge >= 0.3 is 6.09 Å². The van der Waals surface area contributed by atoms with E-state index in [0.717, 1.165) is 51.3 Å². The van der Waals surface area contributed by atoms with Gasteiger partial charge in [-0.05, 0) is 59.4 Å². The number of carbonyl (C=O) groups excluding carboxylic acids is 2. The van der Waals surface area contributed by atoms with Gasteiger partial charge in [-0.2, -0.15) is 0 Å². The first-order chi connectivity index (χ1) is 18.6. The zero-order chi connectivity index (χ0) is 25.9. The normalized spacial score (nSPS) is 18.9. The fourth-order valence-corrected chi connectivity index (χ4v) is 5.74. The number of nitrogens with zero attached hydrogens (tertiary/aromatic N) is 3. The van der Waals surface area contributed by atoms with Crippen molar-refractivity contribution in [2.45, 2.75) is 32.0 Å². The Morgan fingerprint density at radius 2 is 1.56 bits per heavy atom. The van der Waals surface area contributed by atoms with Crippen LogP contribution in [0.1, 0.15) is 32.6 Å². The van der Waals surface area contributed by atoms with Gasteiger partial charge in [0.2, 0.25) is 0 Å². The summed E-state index contributed by atoms with van der Waals surface area (Å²) in [6, 6.07) is 23.7. The van der Waals surface area contributed by atoms with Gasteiger partial charge in [-0.3, -0.25) is 9.69 Å². The van der Waals surface area contributed by atoms with Crippen molar-refractivity contribution in [3.63, 3.8) is 0 Å². The highest BCUT2D eigenvalue weighted by atomic mass is 35.5. The summed E-state index contributed by atoms with van der Waals surface area (Å²) in [6.07, 6.45) is 1.23. The van der Waals surface area contributed by atoms with Crippen LogP contribution in [0.2, 0.25) is 0 Å². The number of para-hydroxylation sites is 1. The molecule has 3 aromatic rings. The highest BCUT2D eigenvalue weighted by molar-refractivity contribution is 5.95. The van der Waals surface area contributed by atoms with Gasteiger partial charge in [0.15, 0.2) is 0 Å². The van der Waals surface area contributed by atoms with Crippen LogP contribution in [0.3, 0.4) is 0 Å². The van der Waals surface area contributed by atoms with Crippen molar-refractivity contribution >= 4 is 24.4 Å².